The van der Waals surface area contributed by atoms with Gasteiger partial charge in [-0.05, 0) is 19.1 Å². The van der Waals surface area contributed by atoms with Crippen LogP contribution >= 0.6 is 0 Å². The molecule has 4 rings (SSSR count). The lowest BCUT2D eigenvalue weighted by Gasteiger charge is -2.35. The zero-order valence-electron chi connectivity index (χ0n) is 19.6. The van der Waals surface area contributed by atoms with Crippen LogP contribution in [0.2, 0.25) is 0 Å². The number of carbonyl (C=O) groups excluding carboxylic acids is 1. The van der Waals surface area contributed by atoms with Crippen LogP contribution in [0.15, 0.2) is 40.8 Å². The number of nitriles is 2. The number of hydrogen-bond donors (Lipinski definition) is 1. The van der Waals surface area contributed by atoms with Crippen LogP contribution in [-0.4, -0.2) is 63.8 Å². The summed E-state index contributed by atoms with van der Waals surface area (Å²) in [5.41, 5.74) is 1.60. The van der Waals surface area contributed by atoms with E-state index < -0.39 is 0 Å². The number of hydrogen-bond acceptors (Lipinski definition) is 10. The van der Waals surface area contributed by atoms with E-state index in [1.807, 2.05) is 4.90 Å². The molecule has 1 aliphatic rings. The highest BCUT2D eigenvalue weighted by molar-refractivity contribution is 5.76. The summed E-state index contributed by atoms with van der Waals surface area (Å²) in [4.78, 5) is 24.4. The minimum atomic E-state index is 0.0302. The third kappa shape index (κ3) is 4.50. The van der Waals surface area contributed by atoms with Gasteiger partial charge in [0.1, 0.15) is 29.2 Å². The number of nitrogens with zero attached hydrogens (tertiary/aromatic N) is 10. The zero-order chi connectivity index (χ0) is 24.9. The van der Waals surface area contributed by atoms with Gasteiger partial charge in [-0.2, -0.15) is 20.3 Å². The maximum Gasteiger partial charge on any atom is 0.219 e. The molecule has 1 saturated heterocycles. The molecule has 0 radical (unpaired) electrons. The van der Waals surface area contributed by atoms with Crippen LogP contribution in [-0.2, 0) is 4.79 Å². The predicted molar refractivity (Wildman–Crippen MR) is 128 cm³/mol. The molecule has 3 aromatic rings. The summed E-state index contributed by atoms with van der Waals surface area (Å²) < 4.78 is 1.43. The third-order valence-electron chi connectivity index (χ3n) is 5.74. The van der Waals surface area contributed by atoms with Crippen molar-refractivity contribution in [2.75, 3.05) is 43.4 Å². The molecule has 0 atom stereocenters. The highest BCUT2D eigenvalue weighted by atomic mass is 16.2. The number of amides is 1. The molecule has 0 unspecified atom stereocenters. The fourth-order valence-electron chi connectivity index (χ4n) is 3.83. The Morgan fingerprint density at radius 3 is 2.51 bits per heavy atom. The van der Waals surface area contributed by atoms with Gasteiger partial charge in [0.25, 0.3) is 0 Å². The second kappa shape index (κ2) is 9.97. The first-order valence-corrected chi connectivity index (χ1v) is 10.9. The van der Waals surface area contributed by atoms with E-state index >= 15 is 0 Å². The van der Waals surface area contributed by atoms with Crippen LogP contribution in [0.4, 0.5) is 23.1 Å². The molecule has 176 valence electrons. The van der Waals surface area contributed by atoms with Crippen LogP contribution in [0.3, 0.4) is 0 Å². The van der Waals surface area contributed by atoms with Gasteiger partial charge in [0, 0.05) is 51.9 Å². The fourth-order valence-corrected chi connectivity index (χ4v) is 3.83. The molecular weight excluding hydrogens is 446 g/mol. The second-order valence-corrected chi connectivity index (χ2v) is 7.78. The number of aromatic nitrogens is 4. The van der Waals surface area contributed by atoms with Crippen LogP contribution in [0, 0.1) is 29.6 Å². The second-order valence-electron chi connectivity index (χ2n) is 7.78. The summed E-state index contributed by atoms with van der Waals surface area (Å²) in [7, 11) is 1.71. The molecule has 1 N–H and O–H groups in total. The Kier molecular flexibility index (Phi) is 6.64. The van der Waals surface area contributed by atoms with Gasteiger partial charge in [-0.1, -0.05) is 6.07 Å². The van der Waals surface area contributed by atoms with Gasteiger partial charge in [-0.15, -0.1) is 10.2 Å². The fraction of sp³-hybridized carbons (Fsp3) is 0.304. The molecule has 0 spiro atoms. The maximum absolute atomic E-state index is 11.7. The van der Waals surface area contributed by atoms with Crippen LogP contribution in [0.5, 0.6) is 0 Å². The molecule has 3 aromatic heterocycles. The van der Waals surface area contributed by atoms with E-state index in [0.717, 1.165) is 0 Å². The molecular formula is C23H23N11O. The molecule has 12 heteroatoms. The Morgan fingerprint density at radius 2 is 1.91 bits per heavy atom. The number of pyridine rings is 2. The van der Waals surface area contributed by atoms with Crippen molar-refractivity contribution in [2.24, 2.45) is 10.2 Å². The topological polar surface area (TPSA) is 151 Å². The quantitative estimate of drug-likeness (QED) is 0.560. The van der Waals surface area contributed by atoms with Gasteiger partial charge in [-0.3, -0.25) is 4.79 Å². The van der Waals surface area contributed by atoms with Crippen molar-refractivity contribution in [3.05, 3.63) is 47.3 Å². The number of piperazine rings is 1. The normalized spacial score (nSPS) is 13.5. The smallest absolute Gasteiger partial charge is 0.219 e. The number of anilines is 2. The van der Waals surface area contributed by atoms with Crippen LogP contribution in [0.25, 0.3) is 5.82 Å². The minimum absolute atomic E-state index is 0.0302. The van der Waals surface area contributed by atoms with E-state index in [4.69, 9.17) is 0 Å². The van der Waals surface area contributed by atoms with Crippen molar-refractivity contribution < 1.29 is 4.79 Å². The van der Waals surface area contributed by atoms with E-state index in [9.17, 15) is 15.3 Å². The van der Waals surface area contributed by atoms with Gasteiger partial charge in [0.05, 0.1) is 11.8 Å². The number of nitrogens with one attached hydrogen (secondary N) is 1. The standard InChI is InChI=1S/C23H23N11O/c1-15-18(13-25)23(33-10-8-32(9-11-33)16(2)35)29-21(26-3)20(15)30-31-22-17(12-24)14-28-34(22)19-6-4-5-7-27-19/h4-7,14H,8-11H2,1-3H3,(H,26,29)/b31-30+. The van der Waals surface area contributed by atoms with Crippen LogP contribution in [0.1, 0.15) is 23.6 Å². The Hall–Kier alpha value is -4.84. The summed E-state index contributed by atoms with van der Waals surface area (Å²) in [6, 6.07) is 9.64. The third-order valence-corrected chi connectivity index (χ3v) is 5.74. The van der Waals surface area contributed by atoms with Crippen molar-refractivity contribution >= 4 is 29.0 Å². The van der Waals surface area contributed by atoms with Gasteiger partial charge in [-0.25, -0.2) is 9.97 Å². The summed E-state index contributed by atoms with van der Waals surface area (Å²) in [5, 5.41) is 35.4. The number of rotatable bonds is 5. The lowest BCUT2D eigenvalue weighted by Crippen LogP contribution is -2.48. The monoisotopic (exact) mass is 469 g/mol. The summed E-state index contributed by atoms with van der Waals surface area (Å²) in [5.74, 6) is 1.71. The van der Waals surface area contributed by atoms with Crippen molar-refractivity contribution in [2.45, 2.75) is 13.8 Å². The highest BCUT2D eigenvalue weighted by Gasteiger charge is 2.25. The molecule has 4 heterocycles. The van der Waals surface area contributed by atoms with Gasteiger partial charge >= 0.3 is 0 Å². The Labute approximate surface area is 202 Å². The minimum Gasteiger partial charge on any atom is -0.371 e. The average molecular weight is 470 g/mol. The van der Waals surface area contributed by atoms with Crippen molar-refractivity contribution in [1.29, 1.82) is 10.5 Å². The number of azo groups is 1. The molecule has 1 amide bonds. The average Bonchev–Trinajstić information content (AvgIpc) is 3.31. The first-order chi connectivity index (χ1) is 17.0. The maximum atomic E-state index is 11.7. The van der Waals surface area contributed by atoms with E-state index in [1.54, 1.807) is 50.2 Å². The van der Waals surface area contributed by atoms with E-state index in [2.05, 4.69) is 42.8 Å². The lowest BCUT2D eigenvalue weighted by molar-refractivity contribution is -0.129. The summed E-state index contributed by atoms with van der Waals surface area (Å²) >= 11 is 0. The van der Waals surface area contributed by atoms with Crippen molar-refractivity contribution in [3.63, 3.8) is 0 Å². The Morgan fingerprint density at radius 1 is 1.14 bits per heavy atom. The Balaban J connectivity index is 1.74. The van der Waals surface area contributed by atoms with Gasteiger partial charge in [0.2, 0.25) is 5.91 Å². The van der Waals surface area contributed by atoms with Gasteiger partial charge < -0.3 is 15.1 Å². The molecule has 1 fully saturated rings. The van der Waals surface area contributed by atoms with Crippen molar-refractivity contribution in [1.82, 2.24) is 24.6 Å². The summed E-state index contributed by atoms with van der Waals surface area (Å²) in [6.45, 7) is 5.59. The van der Waals surface area contributed by atoms with Gasteiger partial charge in [0.15, 0.2) is 17.5 Å². The van der Waals surface area contributed by atoms with Crippen molar-refractivity contribution in [3.8, 4) is 18.0 Å². The zero-order valence-corrected chi connectivity index (χ0v) is 19.6. The SMILES string of the molecule is CNc1nc(N2CCN(C(C)=O)CC2)c(C#N)c(C)c1/N=N/c1c(C#N)cnn1-c1ccccn1. The van der Waals surface area contributed by atoms with Crippen LogP contribution < -0.4 is 10.2 Å². The van der Waals surface area contributed by atoms with E-state index in [0.29, 0.717) is 60.4 Å². The van der Waals surface area contributed by atoms with E-state index in [1.165, 1.54) is 10.9 Å². The summed E-state index contributed by atoms with van der Waals surface area (Å²) in [6.07, 6.45) is 3.02. The molecule has 0 aromatic carbocycles. The molecule has 0 saturated carbocycles. The molecule has 0 aliphatic carbocycles. The first-order valence-electron chi connectivity index (χ1n) is 10.9. The number of carbonyl (C=O) groups is 1. The predicted octanol–water partition coefficient (Wildman–Crippen LogP) is 2.84. The van der Waals surface area contributed by atoms with E-state index in [-0.39, 0.29) is 17.3 Å². The molecule has 0 bridgehead atoms. The largest absolute Gasteiger partial charge is 0.371 e. The Bertz CT molecular complexity index is 1360. The molecule has 12 nitrogen and oxygen atoms in total. The lowest BCUT2D eigenvalue weighted by atomic mass is 10.1. The molecule has 35 heavy (non-hydrogen) atoms. The molecule has 1 aliphatic heterocycles. The first kappa shape index (κ1) is 23.3. The highest BCUT2D eigenvalue weighted by Crippen LogP contribution is 2.36.